The molecule has 0 spiro atoms. The molecule has 0 fully saturated rings. The molecule has 2 aliphatic rings. The Kier molecular flexibility index (Phi) is 2.92. The third-order valence-electron chi connectivity index (χ3n) is 5.11. The molecule has 0 atom stereocenters. The number of amides is 4. The van der Waals surface area contributed by atoms with Gasteiger partial charge >= 0.3 is 0 Å². The highest BCUT2D eigenvalue weighted by Crippen LogP contribution is 2.38. The number of benzene rings is 3. The summed E-state index contributed by atoms with van der Waals surface area (Å²) in [6.07, 6.45) is 0. The summed E-state index contributed by atoms with van der Waals surface area (Å²) >= 11 is 0. The second-order valence-corrected chi connectivity index (χ2v) is 6.52. The highest BCUT2D eigenvalue weighted by Gasteiger charge is 2.39. The Morgan fingerprint density at radius 3 is 1.41 bits per heavy atom. The average molecular weight is 356 g/mol. The highest BCUT2D eigenvalue weighted by molar-refractivity contribution is 6.39. The second kappa shape index (κ2) is 5.11. The van der Waals surface area contributed by atoms with Gasteiger partial charge in [0.25, 0.3) is 23.6 Å². The molecule has 5 rings (SSSR count). The molecule has 0 bridgehead atoms. The third-order valence-corrected chi connectivity index (χ3v) is 5.11. The fourth-order valence-corrected chi connectivity index (χ4v) is 3.81. The smallest absolute Gasteiger partial charge is 0.265 e. The number of hydrogen-bond acceptors (Lipinski definition) is 4. The van der Waals surface area contributed by atoms with Crippen molar-refractivity contribution in [2.24, 2.45) is 0 Å². The molecule has 0 N–H and O–H groups in total. The normalized spacial score (nSPS) is 15.7. The Morgan fingerprint density at radius 2 is 0.963 bits per heavy atom. The van der Waals surface area contributed by atoms with Crippen LogP contribution in [0.4, 0.5) is 5.69 Å². The number of imide groups is 2. The Bertz CT molecular complexity index is 1140. The van der Waals surface area contributed by atoms with Crippen LogP contribution >= 0.6 is 0 Å². The Labute approximate surface area is 153 Å². The molecule has 0 unspecified atom stereocenters. The number of carbonyl (C=O) groups excluding carboxylic acids is 4. The molecule has 0 aliphatic carbocycles. The molecular formula is C21H12N2O4. The molecule has 0 saturated carbocycles. The van der Waals surface area contributed by atoms with E-state index in [1.807, 2.05) is 0 Å². The maximum Gasteiger partial charge on any atom is 0.265 e. The van der Waals surface area contributed by atoms with E-state index in [9.17, 15) is 19.2 Å². The van der Waals surface area contributed by atoms with Gasteiger partial charge in [0, 0.05) is 40.1 Å². The van der Waals surface area contributed by atoms with Gasteiger partial charge in [-0.2, -0.15) is 0 Å². The first-order valence-corrected chi connectivity index (χ1v) is 8.36. The van der Waals surface area contributed by atoms with Crippen molar-refractivity contribution in [3.8, 4) is 0 Å². The zero-order valence-corrected chi connectivity index (χ0v) is 14.2. The fourth-order valence-electron chi connectivity index (χ4n) is 3.81. The molecule has 3 aromatic carbocycles. The predicted octanol–water partition coefficient (Wildman–Crippen LogP) is 2.87. The molecule has 2 heterocycles. The molecule has 2 aliphatic heterocycles. The highest BCUT2D eigenvalue weighted by atomic mass is 16.2. The van der Waals surface area contributed by atoms with Crippen LogP contribution < -0.4 is 4.90 Å². The van der Waals surface area contributed by atoms with Gasteiger partial charge in [0.1, 0.15) is 0 Å². The van der Waals surface area contributed by atoms with E-state index < -0.39 is 23.6 Å². The molecule has 4 amide bonds. The summed E-state index contributed by atoms with van der Waals surface area (Å²) in [4.78, 5) is 53.4. The molecule has 3 aromatic rings. The van der Waals surface area contributed by atoms with E-state index in [1.54, 1.807) is 54.6 Å². The van der Waals surface area contributed by atoms with E-state index in [-0.39, 0.29) is 0 Å². The topological polar surface area (TPSA) is 74.8 Å². The summed E-state index contributed by atoms with van der Waals surface area (Å²) in [6.45, 7) is 0. The number of carbonyl (C=O) groups is 4. The van der Waals surface area contributed by atoms with Gasteiger partial charge in [-0.1, -0.05) is 18.2 Å². The zero-order valence-electron chi connectivity index (χ0n) is 14.2. The summed E-state index contributed by atoms with van der Waals surface area (Å²) in [6, 6.07) is 14.9. The zero-order chi connectivity index (χ0) is 18.9. The van der Waals surface area contributed by atoms with Crippen molar-refractivity contribution >= 4 is 40.1 Å². The average Bonchev–Trinajstić information content (AvgIpc) is 2.69. The monoisotopic (exact) mass is 356 g/mol. The van der Waals surface area contributed by atoms with Crippen molar-refractivity contribution in [3.63, 3.8) is 0 Å². The van der Waals surface area contributed by atoms with E-state index in [0.717, 1.165) is 9.80 Å². The molecule has 0 radical (unpaired) electrons. The molecular weight excluding hydrogens is 344 g/mol. The molecule has 0 saturated heterocycles. The standard InChI is InChI=1S/C21H12N2O4/c1-22-18(24)12-7-9-14-17-15(10-8-13(16(12)17)19(22)25)21(27)23(20(14)26)11-5-3-2-4-6-11/h2-10H,1H3. The lowest BCUT2D eigenvalue weighted by molar-refractivity contribution is 0.0649. The van der Waals surface area contributed by atoms with Crippen LogP contribution in [0.1, 0.15) is 41.4 Å². The van der Waals surface area contributed by atoms with Gasteiger partial charge in [-0.25, -0.2) is 4.90 Å². The van der Waals surface area contributed by atoms with E-state index >= 15 is 0 Å². The Morgan fingerprint density at radius 1 is 0.556 bits per heavy atom. The number of para-hydroxylation sites is 1. The lowest BCUT2D eigenvalue weighted by atomic mass is 9.86. The SMILES string of the molecule is CN1C(=O)c2ccc3c4c(ccc(c24)C1=O)C(=O)N(c1ccccc1)C3=O. The summed E-state index contributed by atoms with van der Waals surface area (Å²) in [5.41, 5.74) is 1.72. The minimum absolute atomic E-state index is 0.305. The van der Waals surface area contributed by atoms with E-state index in [1.165, 1.54) is 7.05 Å². The van der Waals surface area contributed by atoms with Gasteiger partial charge in [-0.05, 0) is 36.4 Å². The maximum absolute atomic E-state index is 13.1. The largest absolute Gasteiger partial charge is 0.277 e. The van der Waals surface area contributed by atoms with Gasteiger partial charge in [0.05, 0.1) is 5.69 Å². The van der Waals surface area contributed by atoms with E-state index in [4.69, 9.17) is 0 Å². The first-order chi connectivity index (χ1) is 13.0. The van der Waals surface area contributed by atoms with Crippen molar-refractivity contribution < 1.29 is 19.2 Å². The minimum Gasteiger partial charge on any atom is -0.277 e. The lowest BCUT2D eigenvalue weighted by Gasteiger charge is -2.30. The molecule has 27 heavy (non-hydrogen) atoms. The van der Waals surface area contributed by atoms with Crippen LogP contribution in [0.2, 0.25) is 0 Å². The van der Waals surface area contributed by atoms with Gasteiger partial charge in [-0.3, -0.25) is 24.1 Å². The summed E-state index contributed by atoms with van der Waals surface area (Å²) < 4.78 is 0. The summed E-state index contributed by atoms with van der Waals surface area (Å²) in [7, 11) is 1.42. The van der Waals surface area contributed by atoms with Crippen molar-refractivity contribution in [2.45, 2.75) is 0 Å². The molecule has 6 nitrogen and oxygen atoms in total. The minimum atomic E-state index is -0.471. The van der Waals surface area contributed by atoms with Gasteiger partial charge in [-0.15, -0.1) is 0 Å². The van der Waals surface area contributed by atoms with Crippen molar-refractivity contribution in [3.05, 3.63) is 76.9 Å². The number of hydrogen-bond donors (Lipinski definition) is 0. The van der Waals surface area contributed by atoms with Crippen LogP contribution in [0, 0.1) is 0 Å². The van der Waals surface area contributed by atoms with Crippen LogP contribution in [0.25, 0.3) is 10.8 Å². The van der Waals surface area contributed by atoms with Crippen LogP contribution in [-0.4, -0.2) is 35.6 Å². The second-order valence-electron chi connectivity index (χ2n) is 6.52. The van der Waals surface area contributed by atoms with Gasteiger partial charge in [0.15, 0.2) is 0 Å². The molecule has 130 valence electrons. The van der Waals surface area contributed by atoms with Crippen molar-refractivity contribution in [2.75, 3.05) is 11.9 Å². The maximum atomic E-state index is 13.1. The molecule has 6 heteroatoms. The number of rotatable bonds is 1. The van der Waals surface area contributed by atoms with Gasteiger partial charge in [0.2, 0.25) is 0 Å². The van der Waals surface area contributed by atoms with Crippen molar-refractivity contribution in [1.29, 1.82) is 0 Å². The van der Waals surface area contributed by atoms with E-state index in [0.29, 0.717) is 38.7 Å². The van der Waals surface area contributed by atoms with Crippen molar-refractivity contribution in [1.82, 2.24) is 4.90 Å². The van der Waals surface area contributed by atoms with Crippen LogP contribution in [-0.2, 0) is 0 Å². The number of nitrogens with zero attached hydrogens (tertiary/aromatic N) is 2. The quantitative estimate of drug-likeness (QED) is 0.629. The van der Waals surface area contributed by atoms with E-state index in [2.05, 4.69) is 0 Å². The first kappa shape index (κ1) is 15.5. The van der Waals surface area contributed by atoms with Gasteiger partial charge < -0.3 is 0 Å². The van der Waals surface area contributed by atoms with Crippen LogP contribution in [0.3, 0.4) is 0 Å². The van der Waals surface area contributed by atoms with Crippen LogP contribution in [0.15, 0.2) is 54.6 Å². The fraction of sp³-hybridized carbons (Fsp3) is 0.0476. The van der Waals surface area contributed by atoms with Crippen LogP contribution in [0.5, 0.6) is 0 Å². The predicted molar refractivity (Wildman–Crippen MR) is 98.0 cm³/mol. The summed E-state index contributed by atoms with van der Waals surface area (Å²) in [5, 5.41) is 0.759. The Hall–Kier alpha value is -3.80. The lowest BCUT2D eigenvalue weighted by Crippen LogP contribution is -2.42. The number of anilines is 1. The first-order valence-electron chi connectivity index (χ1n) is 8.36. The third kappa shape index (κ3) is 1.84. The Balaban J connectivity index is 1.85. The summed E-state index contributed by atoms with van der Waals surface area (Å²) in [5.74, 6) is -1.83. The molecule has 0 aromatic heterocycles.